The number of phenols is 1. The lowest BCUT2D eigenvalue weighted by Crippen LogP contribution is -2.62. The van der Waals surface area contributed by atoms with E-state index in [0.717, 1.165) is 42.4 Å². The zero-order valence-electron chi connectivity index (χ0n) is 78.2. The fraction of sp³-hybridized carbons (Fsp3) is 0.467. The standard InChI is InChI=1S/C90H128N26O25/c1-5-46(2)74(115-77(129)55(92)38-52-41-100-56-22-13-12-21-54(52)56)88(140)113-61(35-49-17-8-6-9-18-49)79(131)102-42-71(124)101-43-72(125)105-66(45-117)87(139)104-47(3)76(128)106-58(24-16-34-99-90(97)98)82(134)116-75(48(4)118)89(141)114-65(40-70(96)123)86(138)111-63(37-51-25-27-53(119)28-26-51)84(136)112-64(39-69(95)122)85(137)109-60(30-32-68(94)121)81(133)107-57(23-14-15-33-91)80(132)110-62(36-50-19-10-7-11-20-50)83(135)108-59(29-31-67(93)120)78(130)103-44-73(126)127/h6-13,17-22,25-28,41,46-48,55,57-66,74-75,100,117-119H,5,14-16,23-24,29-40,42-45,91-92H2,1-4H3,(H2,93,120)(H2,94,121)(H2,95,122)(H2,96,123)(H,101,124)(H,102,131)(H,103,130)(H,104,139)(H,105,125)(H,106,128)(H,107,133)(H,108,135)(H,109,137)(H,110,132)(H,111,138)(H,112,136)(H,113,140)(H,114,141)(H,115,129)(H,116,134)(H,126,127)(H4,97,98,99)/t46-,47-,48+,55-,57-,58-,59-,60-,61-,62-,63-,64-,65-,66-,74-,75-/m0/s1. The molecule has 5 aromatic rings. The maximum atomic E-state index is 14.8. The van der Waals surface area contributed by atoms with Crippen molar-refractivity contribution in [1.29, 1.82) is 5.41 Å². The molecule has 5 rings (SSSR count). The molecule has 0 bridgehead atoms. The Morgan fingerprint density at radius 1 is 0.390 bits per heavy atom. The predicted molar refractivity (Wildman–Crippen MR) is 504 cm³/mol. The van der Waals surface area contributed by atoms with Gasteiger partial charge in [-0.05, 0) is 118 Å². The lowest BCUT2D eigenvalue weighted by atomic mass is 9.96. The van der Waals surface area contributed by atoms with E-state index in [1.54, 1.807) is 80.7 Å². The van der Waals surface area contributed by atoms with Gasteiger partial charge in [0.25, 0.3) is 0 Å². The minimum atomic E-state index is -2.15. The highest BCUT2D eigenvalue weighted by atomic mass is 16.4. The Hall–Kier alpha value is -15.8. The molecule has 4 aromatic carbocycles. The van der Waals surface area contributed by atoms with E-state index in [2.05, 4.69) is 95.4 Å². The van der Waals surface area contributed by atoms with E-state index in [9.17, 15) is 121 Å². The summed E-state index contributed by atoms with van der Waals surface area (Å²) in [6.45, 7) is 1.97. The number of para-hydroxylation sites is 1. The molecule has 0 aliphatic heterocycles. The average Bonchev–Trinajstić information content (AvgIpc) is 1.69. The van der Waals surface area contributed by atoms with Crippen molar-refractivity contribution in [2.45, 2.75) is 221 Å². The zero-order chi connectivity index (χ0) is 105. The molecular formula is C90H128N26O25. The maximum Gasteiger partial charge on any atom is 0.322 e. The Morgan fingerprint density at radius 3 is 1.29 bits per heavy atom. The molecule has 1 aromatic heterocycles. The first-order valence-electron chi connectivity index (χ1n) is 45.1. The summed E-state index contributed by atoms with van der Waals surface area (Å²) in [5.74, 6) is -24.9. The van der Waals surface area contributed by atoms with E-state index in [0.29, 0.717) is 17.5 Å². The summed E-state index contributed by atoms with van der Waals surface area (Å²) in [6.07, 6.45) is -5.29. The summed E-state index contributed by atoms with van der Waals surface area (Å²) < 4.78 is 0. The molecule has 20 amide bonds. The number of aliphatic carboxylic acids is 1. The number of carboxylic acid groups (broad SMARTS) is 1. The number of benzene rings is 4. The highest BCUT2D eigenvalue weighted by molar-refractivity contribution is 6.03. The normalized spacial score (nSPS) is 14.4. The molecule has 16 atom stereocenters. The van der Waals surface area contributed by atoms with Gasteiger partial charge in [0, 0.05) is 55.7 Å². The number of H-pyrrole nitrogens is 1. The van der Waals surface area contributed by atoms with Crippen LogP contribution in [0.1, 0.15) is 127 Å². The minimum absolute atomic E-state index is 0.0757. The van der Waals surface area contributed by atoms with Gasteiger partial charge < -0.3 is 156 Å². The fourth-order valence-corrected chi connectivity index (χ4v) is 14.0. The molecule has 1 heterocycles. The average molecular weight is 1970 g/mol. The molecule has 0 radical (unpaired) electrons. The number of hydrogen-bond donors (Lipinski definition) is 30. The fourth-order valence-electron chi connectivity index (χ4n) is 14.0. The Bertz CT molecular complexity index is 5190. The molecular weight excluding hydrogens is 1850 g/mol. The third kappa shape index (κ3) is 41.6. The molecule has 51 heteroatoms. The number of rotatable bonds is 63. The number of aromatic hydroxyl groups is 1. The Kier molecular flexibility index (Phi) is 48.7. The van der Waals surface area contributed by atoms with Crippen LogP contribution < -0.4 is 131 Å². The van der Waals surface area contributed by atoms with Crippen LogP contribution in [0.2, 0.25) is 0 Å². The van der Waals surface area contributed by atoms with Crippen LogP contribution in [0.15, 0.2) is 115 Å². The number of carboxylic acids is 1. The van der Waals surface area contributed by atoms with Gasteiger partial charge in [-0.15, -0.1) is 0 Å². The number of aromatic nitrogens is 1. The summed E-state index contributed by atoms with van der Waals surface area (Å²) in [5, 5.41) is 89.5. The number of carbonyl (C=O) groups excluding carboxylic acids is 20. The van der Waals surface area contributed by atoms with Gasteiger partial charge in [0.05, 0.1) is 44.7 Å². The number of hydrogen-bond acceptors (Lipinski definition) is 27. The van der Waals surface area contributed by atoms with Crippen molar-refractivity contribution in [2.24, 2.45) is 46.1 Å². The quantitative estimate of drug-likeness (QED) is 0.00976. The first kappa shape index (κ1) is 116. The van der Waals surface area contributed by atoms with Crippen LogP contribution in [-0.2, 0) is 126 Å². The topological polar surface area (TPSA) is 866 Å². The predicted octanol–water partition coefficient (Wildman–Crippen LogP) is -9.68. The number of aromatic amines is 1. The van der Waals surface area contributed by atoms with Gasteiger partial charge in [0.2, 0.25) is 118 Å². The number of primary amides is 4. The summed E-state index contributed by atoms with van der Waals surface area (Å²) >= 11 is 0. The Morgan fingerprint density at radius 2 is 0.794 bits per heavy atom. The lowest BCUT2D eigenvalue weighted by molar-refractivity contribution is -0.139. The van der Waals surface area contributed by atoms with E-state index in [-0.39, 0.29) is 75.8 Å². The number of phenolic OH excluding ortho intramolecular Hbond substituents is 1. The second kappa shape index (κ2) is 59.4. The molecule has 0 spiro atoms. The van der Waals surface area contributed by atoms with Crippen LogP contribution >= 0.6 is 0 Å². The van der Waals surface area contributed by atoms with Crippen LogP contribution in [0.5, 0.6) is 5.75 Å². The molecule has 0 saturated heterocycles. The van der Waals surface area contributed by atoms with Crippen molar-refractivity contribution in [3.05, 3.63) is 138 Å². The highest BCUT2D eigenvalue weighted by Gasteiger charge is 2.40. The van der Waals surface area contributed by atoms with Crippen LogP contribution in [0.4, 0.5) is 0 Å². The van der Waals surface area contributed by atoms with Gasteiger partial charge in [-0.2, -0.15) is 0 Å². The van der Waals surface area contributed by atoms with E-state index in [4.69, 9.17) is 45.5 Å². The van der Waals surface area contributed by atoms with Crippen molar-refractivity contribution in [3.8, 4) is 5.75 Å². The second-order valence-electron chi connectivity index (χ2n) is 33.3. The number of nitrogens with one attached hydrogen (secondary N) is 19. The Labute approximate surface area is 809 Å². The molecule has 141 heavy (non-hydrogen) atoms. The monoisotopic (exact) mass is 1970 g/mol. The summed E-state index contributed by atoms with van der Waals surface area (Å²) in [4.78, 5) is 289. The van der Waals surface area contributed by atoms with Crippen molar-refractivity contribution < 1.29 is 121 Å². The molecule has 37 N–H and O–H groups in total. The van der Waals surface area contributed by atoms with E-state index in [1.807, 2.05) is 24.3 Å². The molecule has 0 unspecified atom stereocenters. The summed E-state index contributed by atoms with van der Waals surface area (Å²) in [7, 11) is 0. The molecule has 0 saturated carbocycles. The first-order chi connectivity index (χ1) is 66.8. The summed E-state index contributed by atoms with van der Waals surface area (Å²) in [6, 6.07) is 5.03. The third-order valence-corrected chi connectivity index (χ3v) is 21.9. The van der Waals surface area contributed by atoms with Crippen molar-refractivity contribution in [1.82, 2.24) is 95.4 Å². The van der Waals surface area contributed by atoms with Crippen molar-refractivity contribution in [3.63, 3.8) is 0 Å². The minimum Gasteiger partial charge on any atom is -0.508 e. The smallest absolute Gasteiger partial charge is 0.322 e. The Balaban J connectivity index is 1.29. The summed E-state index contributed by atoms with van der Waals surface area (Å²) in [5.41, 5.74) is 42.4. The SMILES string of the molecule is CC[C@H](C)[C@H](NC(=O)[C@@H](N)Cc1c[nH]c2ccccc12)C(=O)N[C@@H](Cc1ccccc1)C(=O)NCC(=O)NCC(=O)N[C@@H](CO)C(=O)N[C@@H](C)C(=O)N[C@@H](CCCNC(=N)N)C(=O)N[C@H](C(=O)N[C@@H](CC(N)=O)C(=O)N[C@@H](Cc1ccc(O)cc1)C(=O)N[C@@H](CC(N)=O)C(=O)N[C@@H](CCC(N)=O)C(=O)N[C@@H](CCCCN)C(=O)N[C@@H](Cc1ccccc1)C(=O)N[C@@H](CCC(N)=O)C(=O)NCC(=O)O)[C@@H](C)O. The van der Waals surface area contributed by atoms with Crippen LogP contribution in [0.25, 0.3) is 10.9 Å². The second-order valence-corrected chi connectivity index (χ2v) is 33.3. The number of nitrogens with two attached hydrogens (primary N) is 7. The van der Waals surface area contributed by atoms with E-state index < -0.39 is 298 Å². The number of aliphatic hydroxyl groups excluding tert-OH is 2. The zero-order valence-corrected chi connectivity index (χ0v) is 78.2. The van der Waals surface area contributed by atoms with Gasteiger partial charge in [-0.3, -0.25) is 106 Å². The molecule has 768 valence electrons. The van der Waals surface area contributed by atoms with Crippen molar-refractivity contribution in [2.75, 3.05) is 39.3 Å². The largest absolute Gasteiger partial charge is 0.508 e. The molecule has 51 nitrogen and oxygen atoms in total. The molecule has 0 aliphatic carbocycles. The van der Waals surface area contributed by atoms with Gasteiger partial charge in [-0.25, -0.2) is 0 Å². The third-order valence-electron chi connectivity index (χ3n) is 21.9. The number of amides is 20. The van der Waals surface area contributed by atoms with Crippen LogP contribution in [0, 0.1) is 11.3 Å². The van der Waals surface area contributed by atoms with Gasteiger partial charge >= 0.3 is 5.97 Å². The van der Waals surface area contributed by atoms with Gasteiger partial charge in [-0.1, -0.05) is 111 Å². The van der Waals surface area contributed by atoms with Gasteiger partial charge in [0.15, 0.2) is 5.96 Å². The molecule has 0 aliphatic rings. The van der Waals surface area contributed by atoms with Crippen molar-refractivity contribution >= 4 is 141 Å². The van der Waals surface area contributed by atoms with E-state index in [1.165, 1.54) is 12.1 Å². The van der Waals surface area contributed by atoms with Crippen LogP contribution in [0.3, 0.4) is 0 Å². The number of guanidine groups is 1. The molecule has 0 fully saturated rings. The number of aliphatic hydroxyl groups is 2. The highest BCUT2D eigenvalue weighted by Crippen LogP contribution is 2.21. The lowest BCUT2D eigenvalue weighted by Gasteiger charge is -2.28. The number of unbranched alkanes of at least 4 members (excludes halogenated alkanes) is 1. The van der Waals surface area contributed by atoms with Crippen LogP contribution in [-0.4, -0.2) is 286 Å². The number of fused-ring (bicyclic) bond motifs is 1. The maximum absolute atomic E-state index is 14.8. The van der Waals surface area contributed by atoms with E-state index >= 15 is 0 Å². The number of carbonyl (C=O) groups is 21. The first-order valence-corrected chi connectivity index (χ1v) is 45.1. The van der Waals surface area contributed by atoms with Gasteiger partial charge in [0.1, 0.15) is 90.8 Å².